The molecule has 4 nitrogen and oxygen atoms in total. The molecule has 1 aliphatic rings. The molecule has 0 bridgehead atoms. The molecule has 2 aromatic rings. The summed E-state index contributed by atoms with van der Waals surface area (Å²) in [4.78, 5) is 16.4. The third kappa shape index (κ3) is 4.34. The van der Waals surface area contributed by atoms with Crippen molar-refractivity contribution in [3.63, 3.8) is 0 Å². The van der Waals surface area contributed by atoms with Gasteiger partial charge in [-0.05, 0) is 37.1 Å². The summed E-state index contributed by atoms with van der Waals surface area (Å²) in [5.74, 6) is 0.788. The van der Waals surface area contributed by atoms with Gasteiger partial charge in [-0.15, -0.1) is 0 Å². The van der Waals surface area contributed by atoms with Crippen LogP contribution < -0.4 is 9.64 Å². The van der Waals surface area contributed by atoms with Gasteiger partial charge in [-0.25, -0.2) is 4.39 Å². The zero-order chi connectivity index (χ0) is 18.4. The Morgan fingerprint density at radius 2 is 1.73 bits per heavy atom. The summed E-state index contributed by atoms with van der Waals surface area (Å²) in [6.45, 7) is 5.13. The lowest BCUT2D eigenvalue weighted by Crippen LogP contribution is -2.49. The number of aryl methyl sites for hydroxylation is 1. The minimum Gasteiger partial charge on any atom is -0.494 e. The number of piperazine rings is 1. The first-order valence-electron chi connectivity index (χ1n) is 9.17. The Balaban J connectivity index is 1.52. The molecule has 2 aromatic carbocycles. The maximum Gasteiger partial charge on any atom is 0.223 e. The summed E-state index contributed by atoms with van der Waals surface area (Å²) in [6, 6.07) is 14.7. The summed E-state index contributed by atoms with van der Waals surface area (Å²) in [5, 5.41) is 0. The highest BCUT2D eigenvalue weighted by Gasteiger charge is 2.22. The molecular weight excluding hydrogens is 331 g/mol. The lowest BCUT2D eigenvalue weighted by atomic mass is 10.1. The highest BCUT2D eigenvalue weighted by atomic mass is 19.1. The Morgan fingerprint density at radius 3 is 2.46 bits per heavy atom. The molecule has 0 N–H and O–H groups in total. The molecule has 0 unspecified atom stereocenters. The van der Waals surface area contributed by atoms with Gasteiger partial charge in [0, 0.05) is 32.6 Å². The van der Waals surface area contributed by atoms with Crippen LogP contribution >= 0.6 is 0 Å². The van der Waals surface area contributed by atoms with Crippen LogP contribution in [-0.2, 0) is 11.2 Å². The van der Waals surface area contributed by atoms with E-state index in [1.165, 1.54) is 6.07 Å². The van der Waals surface area contributed by atoms with E-state index in [0.29, 0.717) is 51.3 Å². The minimum absolute atomic E-state index is 0.143. The lowest BCUT2D eigenvalue weighted by molar-refractivity contribution is -0.131. The average Bonchev–Trinajstić information content (AvgIpc) is 2.68. The summed E-state index contributed by atoms with van der Waals surface area (Å²) in [7, 11) is 0. The van der Waals surface area contributed by atoms with E-state index in [0.717, 1.165) is 11.3 Å². The first kappa shape index (κ1) is 18.2. The maximum atomic E-state index is 13.9. The van der Waals surface area contributed by atoms with E-state index in [9.17, 15) is 9.18 Å². The largest absolute Gasteiger partial charge is 0.494 e. The van der Waals surface area contributed by atoms with Crippen molar-refractivity contribution in [3.05, 3.63) is 59.9 Å². The highest BCUT2D eigenvalue weighted by Crippen LogP contribution is 2.22. The third-order valence-electron chi connectivity index (χ3n) is 4.71. The Labute approximate surface area is 154 Å². The van der Waals surface area contributed by atoms with Gasteiger partial charge in [0.15, 0.2) is 0 Å². The van der Waals surface area contributed by atoms with Crippen molar-refractivity contribution in [2.75, 3.05) is 37.7 Å². The number of carbonyl (C=O) groups is 1. The Morgan fingerprint density at radius 1 is 1.04 bits per heavy atom. The molecule has 1 aliphatic heterocycles. The van der Waals surface area contributed by atoms with E-state index in [-0.39, 0.29) is 11.7 Å². The van der Waals surface area contributed by atoms with Gasteiger partial charge < -0.3 is 14.5 Å². The number of hydrogen-bond acceptors (Lipinski definition) is 3. The maximum absolute atomic E-state index is 13.9. The number of ether oxygens (including phenoxy) is 1. The van der Waals surface area contributed by atoms with Crippen molar-refractivity contribution in [2.24, 2.45) is 0 Å². The number of carbonyl (C=O) groups excluding carboxylic acids is 1. The first-order valence-corrected chi connectivity index (χ1v) is 9.17. The number of hydrogen-bond donors (Lipinski definition) is 0. The van der Waals surface area contributed by atoms with Crippen molar-refractivity contribution < 1.29 is 13.9 Å². The number of para-hydroxylation sites is 2. The second-order valence-corrected chi connectivity index (χ2v) is 6.36. The number of amides is 1. The van der Waals surface area contributed by atoms with E-state index in [1.807, 2.05) is 47.1 Å². The molecule has 1 saturated heterocycles. The highest BCUT2D eigenvalue weighted by molar-refractivity contribution is 5.77. The predicted molar refractivity (Wildman–Crippen MR) is 101 cm³/mol. The van der Waals surface area contributed by atoms with Crippen LogP contribution in [0, 0.1) is 5.82 Å². The molecule has 0 saturated carbocycles. The van der Waals surface area contributed by atoms with Gasteiger partial charge in [-0.2, -0.15) is 0 Å². The normalized spacial score (nSPS) is 14.4. The van der Waals surface area contributed by atoms with Crippen LogP contribution in [-0.4, -0.2) is 43.6 Å². The Hall–Kier alpha value is -2.56. The summed E-state index contributed by atoms with van der Waals surface area (Å²) in [6.07, 6.45) is 1.13. The zero-order valence-corrected chi connectivity index (χ0v) is 15.2. The molecule has 1 fully saturated rings. The SMILES string of the molecule is CCOc1ccccc1CCC(=O)N1CCN(c2ccccc2F)CC1. The van der Waals surface area contributed by atoms with Crippen LogP contribution in [0.15, 0.2) is 48.5 Å². The molecule has 138 valence electrons. The quantitative estimate of drug-likeness (QED) is 0.794. The van der Waals surface area contributed by atoms with Crippen LogP contribution in [0.4, 0.5) is 10.1 Å². The average molecular weight is 356 g/mol. The fourth-order valence-electron chi connectivity index (χ4n) is 3.31. The van der Waals surface area contributed by atoms with Gasteiger partial charge in [-0.3, -0.25) is 4.79 Å². The lowest BCUT2D eigenvalue weighted by Gasteiger charge is -2.36. The number of anilines is 1. The van der Waals surface area contributed by atoms with Crippen molar-refractivity contribution in [1.29, 1.82) is 0 Å². The molecule has 0 atom stereocenters. The number of halogens is 1. The van der Waals surface area contributed by atoms with Gasteiger partial charge >= 0.3 is 0 Å². The molecule has 1 heterocycles. The molecule has 0 aliphatic carbocycles. The van der Waals surface area contributed by atoms with Crippen LogP contribution in [0.3, 0.4) is 0 Å². The van der Waals surface area contributed by atoms with Crippen LogP contribution in [0.1, 0.15) is 18.9 Å². The topological polar surface area (TPSA) is 32.8 Å². The molecule has 5 heteroatoms. The fourth-order valence-corrected chi connectivity index (χ4v) is 3.31. The Kier molecular flexibility index (Phi) is 6.10. The van der Waals surface area contributed by atoms with E-state index >= 15 is 0 Å². The fraction of sp³-hybridized carbons (Fsp3) is 0.381. The molecular formula is C21H25FN2O2. The molecule has 0 aromatic heterocycles. The number of rotatable bonds is 6. The Bertz CT molecular complexity index is 742. The van der Waals surface area contributed by atoms with Gasteiger partial charge in [0.05, 0.1) is 12.3 Å². The molecule has 0 radical (unpaired) electrons. The molecule has 0 spiro atoms. The zero-order valence-electron chi connectivity index (χ0n) is 15.2. The van der Waals surface area contributed by atoms with Gasteiger partial charge in [0.2, 0.25) is 5.91 Å². The number of nitrogens with zero attached hydrogens (tertiary/aromatic N) is 2. The van der Waals surface area contributed by atoms with Crippen LogP contribution in [0.5, 0.6) is 5.75 Å². The molecule has 3 rings (SSSR count). The van der Waals surface area contributed by atoms with Gasteiger partial charge in [0.1, 0.15) is 11.6 Å². The summed E-state index contributed by atoms with van der Waals surface area (Å²) in [5.41, 5.74) is 1.68. The standard InChI is InChI=1S/C21H25FN2O2/c1-2-26-20-10-6-3-7-17(20)11-12-21(25)24-15-13-23(14-16-24)19-9-5-4-8-18(19)22/h3-10H,2,11-16H2,1H3. The predicted octanol–water partition coefficient (Wildman–Crippen LogP) is 3.51. The van der Waals surface area contributed by atoms with E-state index in [1.54, 1.807) is 12.1 Å². The second-order valence-electron chi connectivity index (χ2n) is 6.36. The minimum atomic E-state index is -0.209. The van der Waals surface area contributed by atoms with Gasteiger partial charge in [-0.1, -0.05) is 30.3 Å². The van der Waals surface area contributed by atoms with Gasteiger partial charge in [0.25, 0.3) is 0 Å². The first-order chi connectivity index (χ1) is 12.7. The molecule has 1 amide bonds. The second kappa shape index (κ2) is 8.70. The summed E-state index contributed by atoms with van der Waals surface area (Å²) >= 11 is 0. The molecule has 26 heavy (non-hydrogen) atoms. The van der Waals surface area contributed by atoms with Crippen molar-refractivity contribution >= 4 is 11.6 Å². The van der Waals surface area contributed by atoms with Crippen molar-refractivity contribution in [2.45, 2.75) is 19.8 Å². The van der Waals surface area contributed by atoms with Crippen LogP contribution in [0.25, 0.3) is 0 Å². The van der Waals surface area contributed by atoms with Crippen molar-refractivity contribution in [3.8, 4) is 5.75 Å². The smallest absolute Gasteiger partial charge is 0.223 e. The van der Waals surface area contributed by atoms with E-state index in [2.05, 4.69) is 0 Å². The monoisotopic (exact) mass is 356 g/mol. The van der Waals surface area contributed by atoms with Crippen LogP contribution in [0.2, 0.25) is 0 Å². The number of benzene rings is 2. The summed E-state index contributed by atoms with van der Waals surface area (Å²) < 4.78 is 19.5. The van der Waals surface area contributed by atoms with E-state index in [4.69, 9.17) is 4.74 Å². The van der Waals surface area contributed by atoms with Crippen molar-refractivity contribution in [1.82, 2.24) is 4.90 Å². The third-order valence-corrected chi connectivity index (χ3v) is 4.71. The van der Waals surface area contributed by atoms with E-state index < -0.39 is 0 Å².